The third-order valence-corrected chi connectivity index (χ3v) is 4.99. The van der Waals surface area contributed by atoms with Crippen LogP contribution in [0.1, 0.15) is 52.4 Å². The van der Waals surface area contributed by atoms with Crippen LogP contribution in [0.5, 0.6) is 0 Å². The summed E-state index contributed by atoms with van der Waals surface area (Å²) < 4.78 is 0. The van der Waals surface area contributed by atoms with Gasteiger partial charge in [-0.05, 0) is 44.1 Å². The summed E-state index contributed by atoms with van der Waals surface area (Å²) in [4.78, 5) is 2.48. The molecular formula is C16H32N2O. The minimum absolute atomic E-state index is 0.0763. The second kappa shape index (κ2) is 7.61. The molecule has 0 amide bonds. The molecule has 0 aromatic heterocycles. The molecule has 2 N–H and O–H groups in total. The zero-order chi connectivity index (χ0) is 13.7. The summed E-state index contributed by atoms with van der Waals surface area (Å²) in [5.74, 6) is 1.73. The summed E-state index contributed by atoms with van der Waals surface area (Å²) in [5, 5.41) is 13.4. The van der Waals surface area contributed by atoms with Gasteiger partial charge in [0, 0.05) is 25.7 Å². The molecule has 1 aliphatic carbocycles. The van der Waals surface area contributed by atoms with Crippen molar-refractivity contribution >= 4 is 0 Å². The smallest absolute Gasteiger partial charge is 0.0679 e. The highest BCUT2D eigenvalue weighted by Gasteiger charge is 2.32. The molecule has 1 saturated heterocycles. The van der Waals surface area contributed by atoms with Gasteiger partial charge in [-0.25, -0.2) is 0 Å². The van der Waals surface area contributed by atoms with E-state index >= 15 is 0 Å². The zero-order valence-corrected chi connectivity index (χ0v) is 12.8. The molecule has 1 aliphatic heterocycles. The Morgan fingerprint density at radius 2 is 2.05 bits per heavy atom. The van der Waals surface area contributed by atoms with Crippen LogP contribution in [0.15, 0.2) is 0 Å². The molecule has 19 heavy (non-hydrogen) atoms. The largest absolute Gasteiger partial charge is 0.392 e. The van der Waals surface area contributed by atoms with Gasteiger partial charge in [-0.2, -0.15) is 0 Å². The van der Waals surface area contributed by atoms with Gasteiger partial charge < -0.3 is 15.3 Å². The summed E-state index contributed by atoms with van der Waals surface area (Å²) in [6.45, 7) is 8.79. The Balaban J connectivity index is 1.87. The summed E-state index contributed by atoms with van der Waals surface area (Å²) in [6.07, 6.45) is 7.76. The second-order valence-electron chi connectivity index (χ2n) is 6.59. The Morgan fingerprint density at radius 3 is 2.68 bits per heavy atom. The predicted molar refractivity (Wildman–Crippen MR) is 80.3 cm³/mol. The lowest BCUT2D eigenvalue weighted by molar-refractivity contribution is 0.132. The van der Waals surface area contributed by atoms with Crippen LogP contribution in [0.4, 0.5) is 0 Å². The first kappa shape index (κ1) is 15.3. The predicted octanol–water partition coefficient (Wildman–Crippen LogP) is 2.25. The van der Waals surface area contributed by atoms with Crippen LogP contribution in [0.2, 0.25) is 0 Å². The number of hydrogen-bond donors (Lipinski definition) is 2. The highest BCUT2D eigenvalue weighted by molar-refractivity contribution is 4.88. The summed E-state index contributed by atoms with van der Waals surface area (Å²) in [5.41, 5.74) is 0. The van der Waals surface area contributed by atoms with E-state index in [1.165, 1.54) is 38.6 Å². The van der Waals surface area contributed by atoms with Gasteiger partial charge in [0.05, 0.1) is 6.10 Å². The fourth-order valence-corrected chi connectivity index (χ4v) is 4.07. The van der Waals surface area contributed by atoms with E-state index in [9.17, 15) is 5.11 Å². The van der Waals surface area contributed by atoms with Crippen LogP contribution >= 0.6 is 0 Å². The lowest BCUT2D eigenvalue weighted by atomic mass is 9.76. The van der Waals surface area contributed by atoms with Crippen molar-refractivity contribution in [1.82, 2.24) is 10.2 Å². The molecule has 0 spiro atoms. The number of hydrogen-bond acceptors (Lipinski definition) is 3. The minimum atomic E-state index is -0.0763. The molecule has 1 saturated carbocycles. The van der Waals surface area contributed by atoms with E-state index in [2.05, 4.69) is 24.1 Å². The molecule has 0 aromatic carbocycles. The number of rotatable bonds is 6. The van der Waals surface area contributed by atoms with Gasteiger partial charge in [-0.1, -0.05) is 26.7 Å². The Bertz CT molecular complexity index is 259. The van der Waals surface area contributed by atoms with Crippen LogP contribution in [0.25, 0.3) is 0 Å². The number of β-amino-alcohol motifs (C(OH)–C–C–N with tert-alkyl or cyclic N) is 1. The average molecular weight is 268 g/mol. The molecule has 0 radical (unpaired) electrons. The zero-order valence-electron chi connectivity index (χ0n) is 12.8. The van der Waals surface area contributed by atoms with Gasteiger partial charge in [-0.15, -0.1) is 0 Å². The third kappa shape index (κ3) is 4.44. The molecule has 2 rings (SSSR count). The Hall–Kier alpha value is -0.120. The molecule has 4 atom stereocenters. The summed E-state index contributed by atoms with van der Waals surface area (Å²) in [7, 11) is 0. The molecule has 0 bridgehead atoms. The average Bonchev–Trinajstić information content (AvgIpc) is 2.79. The van der Waals surface area contributed by atoms with Crippen LogP contribution in [-0.4, -0.2) is 48.3 Å². The highest BCUT2D eigenvalue weighted by Crippen LogP contribution is 2.33. The van der Waals surface area contributed by atoms with Crippen LogP contribution in [0.3, 0.4) is 0 Å². The van der Waals surface area contributed by atoms with Crippen molar-refractivity contribution in [3.63, 3.8) is 0 Å². The molecule has 2 fully saturated rings. The van der Waals surface area contributed by atoms with E-state index in [1.807, 2.05) is 0 Å². The number of nitrogens with zero attached hydrogens (tertiary/aromatic N) is 1. The van der Waals surface area contributed by atoms with Crippen molar-refractivity contribution in [2.45, 2.75) is 64.5 Å². The first-order chi connectivity index (χ1) is 9.22. The van der Waals surface area contributed by atoms with Gasteiger partial charge in [0.15, 0.2) is 0 Å². The Kier molecular flexibility index (Phi) is 6.11. The molecule has 1 heterocycles. The SMILES string of the molecule is CCCC1CCC(NCC)C(CN2CCC(O)C2)C1. The van der Waals surface area contributed by atoms with Crippen molar-refractivity contribution in [1.29, 1.82) is 0 Å². The first-order valence-corrected chi connectivity index (χ1v) is 8.36. The summed E-state index contributed by atoms with van der Waals surface area (Å²) in [6, 6.07) is 0.704. The molecule has 4 unspecified atom stereocenters. The van der Waals surface area contributed by atoms with Crippen molar-refractivity contribution in [3.8, 4) is 0 Å². The number of aliphatic hydroxyl groups excluding tert-OH is 1. The minimum Gasteiger partial charge on any atom is -0.392 e. The lowest BCUT2D eigenvalue weighted by Crippen LogP contribution is -2.45. The number of nitrogens with one attached hydrogen (secondary N) is 1. The van der Waals surface area contributed by atoms with E-state index in [0.717, 1.165) is 37.9 Å². The number of aliphatic hydroxyl groups is 1. The molecular weight excluding hydrogens is 236 g/mol. The molecule has 3 nitrogen and oxygen atoms in total. The lowest BCUT2D eigenvalue weighted by Gasteiger charge is -2.38. The van der Waals surface area contributed by atoms with E-state index in [0.29, 0.717) is 6.04 Å². The van der Waals surface area contributed by atoms with Crippen LogP contribution < -0.4 is 5.32 Å². The fourth-order valence-electron chi connectivity index (χ4n) is 4.07. The van der Waals surface area contributed by atoms with Gasteiger partial charge in [0.2, 0.25) is 0 Å². The maximum atomic E-state index is 9.68. The van der Waals surface area contributed by atoms with Crippen molar-refractivity contribution in [2.24, 2.45) is 11.8 Å². The van der Waals surface area contributed by atoms with Gasteiger partial charge in [0.25, 0.3) is 0 Å². The quantitative estimate of drug-likeness (QED) is 0.775. The van der Waals surface area contributed by atoms with E-state index in [4.69, 9.17) is 0 Å². The standard InChI is InChI=1S/C16H32N2O/c1-3-5-13-6-7-16(17-4-2)14(10-13)11-18-9-8-15(19)12-18/h13-17,19H,3-12H2,1-2H3. The first-order valence-electron chi connectivity index (χ1n) is 8.36. The molecule has 0 aromatic rings. The third-order valence-electron chi connectivity index (χ3n) is 4.99. The Morgan fingerprint density at radius 1 is 1.21 bits per heavy atom. The van der Waals surface area contributed by atoms with Crippen molar-refractivity contribution in [3.05, 3.63) is 0 Å². The van der Waals surface area contributed by atoms with Gasteiger partial charge in [-0.3, -0.25) is 0 Å². The van der Waals surface area contributed by atoms with Crippen LogP contribution in [-0.2, 0) is 0 Å². The molecule has 2 aliphatic rings. The van der Waals surface area contributed by atoms with Crippen molar-refractivity contribution in [2.75, 3.05) is 26.2 Å². The van der Waals surface area contributed by atoms with E-state index in [-0.39, 0.29) is 6.10 Å². The molecule has 3 heteroatoms. The highest BCUT2D eigenvalue weighted by atomic mass is 16.3. The molecule has 112 valence electrons. The van der Waals surface area contributed by atoms with E-state index in [1.54, 1.807) is 0 Å². The fraction of sp³-hybridized carbons (Fsp3) is 1.00. The van der Waals surface area contributed by atoms with Gasteiger partial charge in [0.1, 0.15) is 0 Å². The number of likely N-dealkylation sites (tertiary alicyclic amines) is 1. The second-order valence-corrected chi connectivity index (χ2v) is 6.59. The van der Waals surface area contributed by atoms with Crippen LogP contribution in [0, 0.1) is 11.8 Å². The topological polar surface area (TPSA) is 35.5 Å². The summed E-state index contributed by atoms with van der Waals surface area (Å²) >= 11 is 0. The monoisotopic (exact) mass is 268 g/mol. The van der Waals surface area contributed by atoms with Gasteiger partial charge >= 0.3 is 0 Å². The maximum Gasteiger partial charge on any atom is 0.0679 e. The normalized spacial score (nSPS) is 36.8. The maximum absolute atomic E-state index is 9.68. The van der Waals surface area contributed by atoms with E-state index < -0.39 is 0 Å². The van der Waals surface area contributed by atoms with Crippen molar-refractivity contribution < 1.29 is 5.11 Å². The Labute approximate surface area is 118 Å².